The van der Waals surface area contributed by atoms with Gasteiger partial charge >= 0.3 is 0 Å². The number of methoxy groups -OCH3 is 1. The Bertz CT molecular complexity index is 802. The number of hydrogen-bond donors (Lipinski definition) is 2. The van der Waals surface area contributed by atoms with Crippen molar-refractivity contribution < 1.29 is 19.1 Å². The van der Waals surface area contributed by atoms with Crippen LogP contribution in [-0.2, 0) is 11.4 Å². The molecule has 2 aromatic rings. The molecule has 3 rings (SSSR count). The number of hydrogen-bond acceptors (Lipinski definition) is 6. The minimum Gasteiger partial charge on any atom is -0.493 e. The summed E-state index contributed by atoms with van der Waals surface area (Å²) < 4.78 is 11.0. The van der Waals surface area contributed by atoms with E-state index in [1.54, 1.807) is 12.5 Å². The van der Waals surface area contributed by atoms with Gasteiger partial charge in [0, 0.05) is 24.4 Å². The van der Waals surface area contributed by atoms with Crippen LogP contribution in [-0.4, -0.2) is 37.0 Å². The maximum atomic E-state index is 12.2. The van der Waals surface area contributed by atoms with Crippen LogP contribution in [0.3, 0.4) is 0 Å². The Morgan fingerprint density at radius 3 is 2.61 bits per heavy atom. The Hall–Kier alpha value is -2.61. The third-order valence-corrected chi connectivity index (χ3v) is 5.46. The highest BCUT2D eigenvalue weighted by Gasteiger charge is 2.22. The summed E-state index contributed by atoms with van der Waals surface area (Å²) in [5, 5.41) is 8.06. The summed E-state index contributed by atoms with van der Waals surface area (Å²) in [5.74, 6) is 1.26. The summed E-state index contributed by atoms with van der Waals surface area (Å²) in [4.78, 5) is 28.4. The molecule has 1 aliphatic carbocycles. The summed E-state index contributed by atoms with van der Waals surface area (Å²) in [6, 6.07) is 7.37. The highest BCUT2D eigenvalue weighted by molar-refractivity contribution is 7.09. The zero-order chi connectivity index (χ0) is 19.8. The van der Waals surface area contributed by atoms with Gasteiger partial charge in [0.2, 0.25) is 5.91 Å². The van der Waals surface area contributed by atoms with Crippen LogP contribution in [0.1, 0.15) is 41.2 Å². The number of thiazole rings is 1. The minimum atomic E-state index is -0.255. The molecular formula is C20H25N3O4S. The number of aromatic nitrogens is 1. The number of carbonyl (C=O) groups is 2. The molecule has 0 radical (unpaired) electrons. The van der Waals surface area contributed by atoms with Crippen molar-refractivity contribution in [1.82, 2.24) is 15.6 Å². The molecule has 150 valence electrons. The lowest BCUT2D eigenvalue weighted by Gasteiger charge is -2.10. The molecule has 1 aliphatic rings. The molecule has 28 heavy (non-hydrogen) atoms. The van der Waals surface area contributed by atoms with Gasteiger partial charge in [-0.1, -0.05) is 25.0 Å². The molecule has 1 heterocycles. The van der Waals surface area contributed by atoms with E-state index >= 15 is 0 Å². The zero-order valence-electron chi connectivity index (χ0n) is 15.9. The second-order valence-electron chi connectivity index (χ2n) is 6.59. The van der Waals surface area contributed by atoms with Gasteiger partial charge in [-0.2, -0.15) is 0 Å². The Labute approximate surface area is 168 Å². The van der Waals surface area contributed by atoms with Crippen LogP contribution >= 0.6 is 11.3 Å². The first-order valence-corrected chi connectivity index (χ1v) is 10.3. The van der Waals surface area contributed by atoms with Crippen LogP contribution in [0.15, 0.2) is 29.6 Å². The van der Waals surface area contributed by atoms with Crippen molar-refractivity contribution in [3.05, 3.63) is 40.3 Å². The van der Waals surface area contributed by atoms with E-state index < -0.39 is 0 Å². The van der Waals surface area contributed by atoms with Gasteiger partial charge in [0.25, 0.3) is 5.91 Å². The largest absolute Gasteiger partial charge is 0.493 e. The fraction of sp³-hybridized carbons (Fsp3) is 0.450. The van der Waals surface area contributed by atoms with Crippen LogP contribution in [0, 0.1) is 5.92 Å². The maximum Gasteiger partial charge on any atom is 0.270 e. The van der Waals surface area contributed by atoms with E-state index in [2.05, 4.69) is 15.6 Å². The fourth-order valence-corrected chi connectivity index (χ4v) is 3.83. The molecule has 0 saturated heterocycles. The van der Waals surface area contributed by atoms with Gasteiger partial charge < -0.3 is 20.1 Å². The summed E-state index contributed by atoms with van der Waals surface area (Å²) in [6.07, 6.45) is 4.19. The highest BCUT2D eigenvalue weighted by atomic mass is 32.1. The van der Waals surface area contributed by atoms with Gasteiger partial charge in [-0.05, 0) is 25.0 Å². The van der Waals surface area contributed by atoms with Crippen molar-refractivity contribution in [2.45, 2.75) is 32.3 Å². The first-order chi connectivity index (χ1) is 13.7. The van der Waals surface area contributed by atoms with Crippen molar-refractivity contribution in [1.29, 1.82) is 0 Å². The lowest BCUT2D eigenvalue weighted by molar-refractivity contribution is -0.124. The Morgan fingerprint density at radius 2 is 1.86 bits per heavy atom. The van der Waals surface area contributed by atoms with E-state index in [1.807, 2.05) is 24.3 Å². The van der Waals surface area contributed by atoms with E-state index in [-0.39, 0.29) is 24.3 Å². The SMILES string of the molecule is COc1ccccc1OCc1nc(C(=O)NCCNC(=O)C2CCCC2)cs1. The van der Waals surface area contributed by atoms with Crippen molar-refractivity contribution in [2.24, 2.45) is 5.92 Å². The predicted octanol–water partition coefficient (Wildman–Crippen LogP) is 2.77. The number of ether oxygens (including phenoxy) is 2. The van der Waals surface area contributed by atoms with Crippen LogP contribution in [0.5, 0.6) is 11.5 Å². The molecular weight excluding hydrogens is 378 g/mol. The van der Waals surface area contributed by atoms with Crippen LogP contribution in [0.4, 0.5) is 0 Å². The molecule has 0 spiro atoms. The summed E-state index contributed by atoms with van der Waals surface area (Å²) in [5.41, 5.74) is 0.353. The van der Waals surface area contributed by atoms with Crippen molar-refractivity contribution >= 4 is 23.2 Å². The van der Waals surface area contributed by atoms with E-state index in [4.69, 9.17) is 9.47 Å². The number of carbonyl (C=O) groups excluding carboxylic acids is 2. The topological polar surface area (TPSA) is 89.6 Å². The predicted molar refractivity (Wildman–Crippen MR) is 107 cm³/mol. The minimum absolute atomic E-state index is 0.0937. The summed E-state index contributed by atoms with van der Waals surface area (Å²) in [7, 11) is 1.59. The van der Waals surface area contributed by atoms with E-state index in [1.165, 1.54) is 11.3 Å². The second-order valence-corrected chi connectivity index (χ2v) is 7.54. The monoisotopic (exact) mass is 403 g/mol. The van der Waals surface area contributed by atoms with Gasteiger partial charge in [0.15, 0.2) is 11.5 Å². The number of rotatable bonds is 9. The zero-order valence-corrected chi connectivity index (χ0v) is 16.7. The Morgan fingerprint density at radius 1 is 1.14 bits per heavy atom. The third-order valence-electron chi connectivity index (χ3n) is 4.64. The Kier molecular flexibility index (Phi) is 7.25. The van der Waals surface area contributed by atoms with E-state index in [9.17, 15) is 9.59 Å². The normalized spacial score (nSPS) is 13.9. The molecule has 1 aromatic heterocycles. The number of benzene rings is 1. The quantitative estimate of drug-likeness (QED) is 0.629. The molecule has 0 bridgehead atoms. The van der Waals surface area contributed by atoms with Gasteiger partial charge in [-0.3, -0.25) is 9.59 Å². The average molecular weight is 404 g/mol. The number of nitrogens with zero attached hydrogens (tertiary/aromatic N) is 1. The second kappa shape index (κ2) is 10.1. The van der Waals surface area contributed by atoms with Gasteiger partial charge in [-0.15, -0.1) is 11.3 Å². The van der Waals surface area contributed by atoms with Gasteiger partial charge in [0.1, 0.15) is 17.3 Å². The number of para-hydroxylation sites is 2. The average Bonchev–Trinajstić information content (AvgIpc) is 3.41. The summed E-state index contributed by atoms with van der Waals surface area (Å²) in [6.45, 7) is 1.06. The summed E-state index contributed by atoms with van der Waals surface area (Å²) >= 11 is 1.36. The molecule has 0 unspecified atom stereocenters. The van der Waals surface area contributed by atoms with Gasteiger partial charge in [0.05, 0.1) is 7.11 Å². The van der Waals surface area contributed by atoms with E-state index in [0.717, 1.165) is 25.7 Å². The Balaban J connectivity index is 1.40. The van der Waals surface area contributed by atoms with E-state index in [0.29, 0.717) is 35.3 Å². The molecule has 2 N–H and O–H groups in total. The lowest BCUT2D eigenvalue weighted by Crippen LogP contribution is -2.37. The molecule has 8 heteroatoms. The molecule has 7 nitrogen and oxygen atoms in total. The first kappa shape index (κ1) is 20.1. The molecule has 1 fully saturated rings. The van der Waals surface area contributed by atoms with Crippen LogP contribution in [0.2, 0.25) is 0 Å². The molecule has 2 amide bonds. The van der Waals surface area contributed by atoms with Gasteiger partial charge in [-0.25, -0.2) is 4.98 Å². The lowest BCUT2D eigenvalue weighted by atomic mass is 10.1. The smallest absolute Gasteiger partial charge is 0.270 e. The fourth-order valence-electron chi connectivity index (χ4n) is 3.14. The molecule has 0 atom stereocenters. The standard InChI is InChI=1S/C20H25N3O4S/c1-26-16-8-4-5-9-17(16)27-12-18-23-15(13-28-18)20(25)22-11-10-21-19(24)14-6-2-3-7-14/h4-5,8-9,13-14H,2-3,6-7,10-12H2,1H3,(H,21,24)(H,22,25). The number of amides is 2. The molecule has 0 aliphatic heterocycles. The van der Waals surface area contributed by atoms with Crippen molar-refractivity contribution in [3.8, 4) is 11.5 Å². The number of nitrogens with one attached hydrogen (secondary N) is 2. The molecule has 1 saturated carbocycles. The van der Waals surface area contributed by atoms with Crippen molar-refractivity contribution in [3.63, 3.8) is 0 Å². The third kappa shape index (κ3) is 5.45. The first-order valence-electron chi connectivity index (χ1n) is 9.43. The van der Waals surface area contributed by atoms with Crippen LogP contribution in [0.25, 0.3) is 0 Å². The maximum absolute atomic E-state index is 12.2. The highest BCUT2D eigenvalue weighted by Crippen LogP contribution is 2.27. The van der Waals surface area contributed by atoms with Crippen LogP contribution < -0.4 is 20.1 Å². The molecule has 1 aromatic carbocycles. The van der Waals surface area contributed by atoms with Crippen molar-refractivity contribution in [2.75, 3.05) is 20.2 Å².